The third kappa shape index (κ3) is 4.71. The van der Waals surface area contributed by atoms with Gasteiger partial charge in [0.2, 0.25) is 5.91 Å². The molecule has 3 rings (SSSR count). The molecule has 1 aromatic heterocycles. The molecule has 0 N–H and O–H groups in total. The third-order valence-corrected chi connectivity index (χ3v) is 8.11. The van der Waals surface area contributed by atoms with Crippen molar-refractivity contribution in [2.75, 3.05) is 18.6 Å². The number of rotatable bonds is 7. The summed E-state index contributed by atoms with van der Waals surface area (Å²) >= 11 is 1.45. The van der Waals surface area contributed by atoms with Crippen molar-refractivity contribution in [3.63, 3.8) is 0 Å². The first-order valence-electron chi connectivity index (χ1n) is 9.77. The fourth-order valence-electron chi connectivity index (χ4n) is 3.50. The van der Waals surface area contributed by atoms with Crippen LogP contribution in [0, 0.1) is 5.92 Å². The van der Waals surface area contributed by atoms with Crippen LogP contribution in [-0.4, -0.2) is 58.6 Å². The van der Waals surface area contributed by atoms with E-state index in [1.54, 1.807) is 11.9 Å². The lowest BCUT2D eigenvalue weighted by molar-refractivity contribution is -0.130. The Morgan fingerprint density at radius 1 is 1.32 bits per heavy atom. The average Bonchev–Trinajstić information content (AvgIpc) is 3.17. The number of imidazole rings is 1. The zero-order valence-corrected chi connectivity index (χ0v) is 18.6. The average molecular weight is 424 g/mol. The summed E-state index contributed by atoms with van der Waals surface area (Å²) in [5, 5.41) is 0.512. The summed E-state index contributed by atoms with van der Waals surface area (Å²) in [5.41, 5.74) is 2.02. The van der Waals surface area contributed by atoms with Gasteiger partial charge in [0.15, 0.2) is 15.0 Å². The molecule has 1 saturated heterocycles. The van der Waals surface area contributed by atoms with E-state index in [1.807, 2.05) is 25.1 Å². The number of carbonyl (C=O) groups is 1. The third-order valence-electron chi connectivity index (χ3n) is 5.28. The predicted octanol–water partition coefficient (Wildman–Crippen LogP) is 3.21. The van der Waals surface area contributed by atoms with E-state index in [1.165, 1.54) is 11.8 Å². The van der Waals surface area contributed by atoms with Crippen molar-refractivity contribution in [3.05, 3.63) is 24.3 Å². The lowest BCUT2D eigenvalue weighted by Gasteiger charge is -2.26. The van der Waals surface area contributed by atoms with E-state index in [-0.39, 0.29) is 28.7 Å². The summed E-state index contributed by atoms with van der Waals surface area (Å²) in [7, 11) is -1.30. The molecule has 1 fully saturated rings. The molecule has 0 saturated carbocycles. The molecule has 1 amide bonds. The van der Waals surface area contributed by atoms with Crippen LogP contribution >= 0.6 is 11.8 Å². The van der Waals surface area contributed by atoms with Gasteiger partial charge < -0.3 is 9.47 Å². The first-order chi connectivity index (χ1) is 13.2. The van der Waals surface area contributed by atoms with E-state index < -0.39 is 9.84 Å². The minimum absolute atomic E-state index is 0.0467. The zero-order valence-electron chi connectivity index (χ0n) is 17.0. The van der Waals surface area contributed by atoms with Gasteiger partial charge in [-0.3, -0.25) is 4.79 Å². The standard InChI is InChI=1S/C20H29N3O3S2/c1-14(2)9-11-23-18-8-6-5-7-17(18)21-20(23)27-15(3)19(24)22(4)16-10-12-28(25,26)13-16/h5-8,14-16H,9-13H2,1-4H3/t15-,16-/m0/s1. The molecular weight excluding hydrogens is 394 g/mol. The molecular formula is C20H29N3O3S2. The number of aromatic nitrogens is 2. The van der Waals surface area contributed by atoms with Gasteiger partial charge in [-0.1, -0.05) is 37.7 Å². The normalized spacial score (nSPS) is 20.0. The van der Waals surface area contributed by atoms with Crippen LogP contribution < -0.4 is 0 Å². The van der Waals surface area contributed by atoms with Gasteiger partial charge in [0.1, 0.15) is 0 Å². The van der Waals surface area contributed by atoms with Gasteiger partial charge >= 0.3 is 0 Å². The molecule has 1 aliphatic rings. The molecule has 8 heteroatoms. The highest BCUT2D eigenvalue weighted by Crippen LogP contribution is 2.29. The summed E-state index contributed by atoms with van der Waals surface area (Å²) in [4.78, 5) is 19.3. The summed E-state index contributed by atoms with van der Waals surface area (Å²) in [6, 6.07) is 7.81. The molecule has 2 heterocycles. The van der Waals surface area contributed by atoms with Gasteiger partial charge in [0, 0.05) is 19.6 Å². The molecule has 2 atom stereocenters. The topological polar surface area (TPSA) is 72.3 Å². The molecule has 0 aliphatic carbocycles. The minimum Gasteiger partial charge on any atom is -0.341 e. The molecule has 0 unspecified atom stereocenters. The van der Waals surface area contributed by atoms with Gasteiger partial charge in [-0.25, -0.2) is 13.4 Å². The van der Waals surface area contributed by atoms with Crippen LogP contribution in [0.4, 0.5) is 0 Å². The van der Waals surface area contributed by atoms with Crippen LogP contribution in [0.1, 0.15) is 33.6 Å². The SMILES string of the molecule is CC(C)CCn1c(S[C@@H](C)C(=O)N(C)[C@H]2CCS(=O)(=O)C2)nc2ccccc21. The summed E-state index contributed by atoms with van der Waals surface area (Å²) in [6.45, 7) is 7.13. The Kier molecular flexibility index (Phi) is 6.39. The largest absolute Gasteiger partial charge is 0.341 e. The van der Waals surface area contributed by atoms with Crippen molar-refractivity contribution >= 4 is 38.5 Å². The number of hydrogen-bond acceptors (Lipinski definition) is 5. The molecule has 0 bridgehead atoms. The van der Waals surface area contributed by atoms with Crippen molar-refractivity contribution in [3.8, 4) is 0 Å². The Hall–Kier alpha value is -1.54. The lowest BCUT2D eigenvalue weighted by atomic mass is 10.1. The van der Waals surface area contributed by atoms with E-state index in [9.17, 15) is 13.2 Å². The number of carbonyl (C=O) groups excluding carboxylic acids is 1. The number of para-hydroxylation sites is 2. The lowest BCUT2D eigenvalue weighted by Crippen LogP contribution is -2.41. The van der Waals surface area contributed by atoms with E-state index >= 15 is 0 Å². The molecule has 154 valence electrons. The molecule has 28 heavy (non-hydrogen) atoms. The number of hydrogen-bond donors (Lipinski definition) is 0. The monoisotopic (exact) mass is 423 g/mol. The van der Waals surface area contributed by atoms with Gasteiger partial charge in [-0.05, 0) is 37.8 Å². The number of amides is 1. The fourth-order valence-corrected chi connectivity index (χ4v) is 6.33. The minimum atomic E-state index is -3.02. The molecule has 0 radical (unpaired) electrons. The Morgan fingerprint density at radius 3 is 2.68 bits per heavy atom. The van der Waals surface area contributed by atoms with Gasteiger partial charge in [0.05, 0.1) is 27.8 Å². The molecule has 1 aliphatic heterocycles. The number of fused-ring (bicyclic) bond motifs is 1. The van der Waals surface area contributed by atoms with Crippen LogP contribution in [0.3, 0.4) is 0 Å². The van der Waals surface area contributed by atoms with Crippen LogP contribution in [0.15, 0.2) is 29.4 Å². The first kappa shape index (κ1) is 21.2. The quantitative estimate of drug-likeness (QED) is 0.640. The highest BCUT2D eigenvalue weighted by molar-refractivity contribution is 8.00. The van der Waals surface area contributed by atoms with Crippen LogP contribution in [-0.2, 0) is 21.2 Å². The van der Waals surface area contributed by atoms with Crippen molar-refractivity contribution in [1.82, 2.24) is 14.5 Å². The van der Waals surface area contributed by atoms with Crippen molar-refractivity contribution in [2.24, 2.45) is 5.92 Å². The predicted molar refractivity (Wildman–Crippen MR) is 114 cm³/mol. The first-order valence-corrected chi connectivity index (χ1v) is 12.5. The molecule has 1 aromatic carbocycles. The number of thioether (sulfide) groups is 1. The molecule has 6 nitrogen and oxygen atoms in total. The Bertz CT molecular complexity index is 953. The van der Waals surface area contributed by atoms with Crippen LogP contribution in [0.5, 0.6) is 0 Å². The molecule has 2 aromatic rings. The van der Waals surface area contributed by atoms with E-state index in [0.717, 1.165) is 29.2 Å². The smallest absolute Gasteiger partial charge is 0.235 e. The van der Waals surface area contributed by atoms with Crippen molar-refractivity contribution in [2.45, 2.75) is 56.6 Å². The number of benzene rings is 1. The molecule has 0 spiro atoms. The fraction of sp³-hybridized carbons (Fsp3) is 0.600. The second kappa shape index (κ2) is 8.45. The van der Waals surface area contributed by atoms with Crippen molar-refractivity contribution < 1.29 is 13.2 Å². The van der Waals surface area contributed by atoms with E-state index in [2.05, 4.69) is 24.5 Å². The zero-order chi connectivity index (χ0) is 20.5. The second-order valence-electron chi connectivity index (χ2n) is 7.98. The summed E-state index contributed by atoms with van der Waals surface area (Å²) in [6.07, 6.45) is 1.56. The second-order valence-corrected chi connectivity index (χ2v) is 11.5. The van der Waals surface area contributed by atoms with Crippen molar-refractivity contribution in [1.29, 1.82) is 0 Å². The van der Waals surface area contributed by atoms with Crippen LogP contribution in [0.25, 0.3) is 11.0 Å². The number of sulfone groups is 1. The van der Waals surface area contributed by atoms with Gasteiger partial charge in [-0.2, -0.15) is 0 Å². The van der Waals surface area contributed by atoms with E-state index in [0.29, 0.717) is 12.3 Å². The highest BCUT2D eigenvalue weighted by atomic mass is 32.2. The maximum atomic E-state index is 12.9. The summed E-state index contributed by atoms with van der Waals surface area (Å²) in [5.74, 6) is 0.768. The van der Waals surface area contributed by atoms with E-state index in [4.69, 9.17) is 4.98 Å². The van der Waals surface area contributed by atoms with Gasteiger partial charge in [0.25, 0.3) is 0 Å². The maximum Gasteiger partial charge on any atom is 0.235 e. The Morgan fingerprint density at radius 2 is 2.04 bits per heavy atom. The Labute approximate surface area is 171 Å². The number of nitrogens with zero attached hydrogens (tertiary/aromatic N) is 3. The maximum absolute atomic E-state index is 12.9. The number of aryl methyl sites for hydroxylation is 1. The van der Waals surface area contributed by atoms with Crippen LogP contribution in [0.2, 0.25) is 0 Å². The summed E-state index contributed by atoms with van der Waals surface area (Å²) < 4.78 is 25.7. The van der Waals surface area contributed by atoms with Gasteiger partial charge in [-0.15, -0.1) is 0 Å². The highest BCUT2D eigenvalue weighted by Gasteiger charge is 2.34. The Balaban J connectivity index is 1.77.